The van der Waals surface area contributed by atoms with Gasteiger partial charge in [0.05, 0.1) is 11.2 Å². The van der Waals surface area contributed by atoms with Crippen LogP contribution in [-0.4, -0.2) is 24.8 Å². The van der Waals surface area contributed by atoms with Gasteiger partial charge in [-0.1, -0.05) is 42.5 Å². The van der Waals surface area contributed by atoms with Crippen molar-refractivity contribution in [2.24, 2.45) is 0 Å². The van der Waals surface area contributed by atoms with Crippen molar-refractivity contribution in [1.82, 2.24) is 5.48 Å². The van der Waals surface area contributed by atoms with Crippen LogP contribution in [0.1, 0.15) is 30.9 Å². The summed E-state index contributed by atoms with van der Waals surface area (Å²) in [5, 5.41) is 8.46. The minimum Gasteiger partial charge on any atom is -0.289 e. The second-order valence-corrected chi connectivity index (χ2v) is 7.87. The summed E-state index contributed by atoms with van der Waals surface area (Å²) in [7, 11) is -3.43. The van der Waals surface area contributed by atoms with Gasteiger partial charge >= 0.3 is 0 Å². The highest BCUT2D eigenvalue weighted by Crippen LogP contribution is 2.26. The summed E-state index contributed by atoms with van der Waals surface area (Å²) >= 11 is 0. The summed E-state index contributed by atoms with van der Waals surface area (Å²) in [6, 6.07) is 15.5. The van der Waals surface area contributed by atoms with Gasteiger partial charge in [-0.15, -0.1) is 0 Å². The lowest BCUT2D eigenvalue weighted by atomic mass is 9.90. The number of carbonyl (C=O) groups excluding carboxylic acids is 1. The summed E-state index contributed by atoms with van der Waals surface area (Å²) in [6.07, 6.45) is 0. The Balaban J connectivity index is 2.31. The molecule has 6 nitrogen and oxygen atoms in total. The maximum Gasteiger partial charge on any atom is 0.255 e. The van der Waals surface area contributed by atoms with Gasteiger partial charge in [-0.2, -0.15) is 0 Å². The van der Waals surface area contributed by atoms with Crippen LogP contribution in [0.2, 0.25) is 0 Å². The van der Waals surface area contributed by atoms with E-state index in [1.807, 2.05) is 6.07 Å². The van der Waals surface area contributed by atoms with Crippen molar-refractivity contribution >= 4 is 21.6 Å². The molecule has 1 unspecified atom stereocenters. The fourth-order valence-corrected chi connectivity index (χ4v) is 2.93. The quantitative estimate of drug-likeness (QED) is 0.552. The van der Waals surface area contributed by atoms with Crippen LogP contribution < -0.4 is 10.2 Å². The summed E-state index contributed by atoms with van der Waals surface area (Å²) in [4.78, 5) is 12.0. The van der Waals surface area contributed by atoms with Gasteiger partial charge < -0.3 is 0 Å². The van der Waals surface area contributed by atoms with Crippen LogP contribution in [-0.2, 0) is 14.8 Å². The van der Waals surface area contributed by atoms with E-state index in [9.17, 15) is 13.2 Å². The van der Waals surface area contributed by atoms with Gasteiger partial charge in [0.1, 0.15) is 0 Å². The molecule has 0 saturated heterocycles. The van der Waals surface area contributed by atoms with E-state index in [0.717, 1.165) is 5.56 Å². The molecule has 0 aliphatic rings. The maximum atomic E-state index is 12.0. The molecular weight excluding hydrogens is 328 g/mol. The predicted octanol–water partition coefficient (Wildman–Crippen LogP) is 2.47. The second-order valence-electron chi connectivity index (χ2n) is 5.64. The average molecular weight is 348 g/mol. The topological polar surface area (TPSA) is 95.5 Å². The molecule has 1 atom stereocenters. The van der Waals surface area contributed by atoms with Crippen LogP contribution in [0.4, 0.5) is 5.69 Å². The molecule has 0 fully saturated rings. The first-order chi connectivity index (χ1) is 11.3. The van der Waals surface area contributed by atoms with Crippen molar-refractivity contribution in [1.29, 1.82) is 0 Å². The zero-order chi connectivity index (χ0) is 17.7. The predicted molar refractivity (Wildman–Crippen MR) is 92.3 cm³/mol. The maximum absolute atomic E-state index is 12.0. The molecule has 2 rings (SSSR count). The van der Waals surface area contributed by atoms with Gasteiger partial charge in [-0.05, 0) is 37.1 Å². The van der Waals surface area contributed by atoms with E-state index in [1.54, 1.807) is 67.9 Å². The van der Waals surface area contributed by atoms with Crippen LogP contribution in [0.5, 0.6) is 0 Å². The summed E-state index contributed by atoms with van der Waals surface area (Å²) in [6.45, 7) is 3.18. The Morgan fingerprint density at radius 1 is 0.958 bits per heavy atom. The van der Waals surface area contributed by atoms with E-state index in [4.69, 9.17) is 5.21 Å². The van der Waals surface area contributed by atoms with Crippen LogP contribution in [0.25, 0.3) is 0 Å². The fourth-order valence-electron chi connectivity index (χ4n) is 2.23. The average Bonchev–Trinajstić information content (AvgIpc) is 2.57. The van der Waals surface area contributed by atoms with Crippen molar-refractivity contribution in [3.63, 3.8) is 0 Å². The number of hydrogen-bond acceptors (Lipinski definition) is 4. The Hall–Kier alpha value is -2.38. The van der Waals surface area contributed by atoms with E-state index in [1.165, 1.54) is 0 Å². The van der Waals surface area contributed by atoms with Crippen LogP contribution in [0.3, 0.4) is 0 Å². The normalized spacial score (nSPS) is 12.7. The van der Waals surface area contributed by atoms with E-state index in [-0.39, 0.29) is 0 Å². The number of carbonyl (C=O) groups is 1. The molecule has 0 saturated carbocycles. The van der Waals surface area contributed by atoms with Crippen molar-refractivity contribution < 1.29 is 18.4 Å². The SMILES string of the molecule is CC(C)S(=O)(=O)Nc1ccc(C(C(=O)NO)c2ccccc2)cc1. The molecule has 3 N–H and O–H groups in total. The minimum absolute atomic E-state index is 0.420. The lowest BCUT2D eigenvalue weighted by Crippen LogP contribution is -2.27. The minimum atomic E-state index is -3.43. The third-order valence-electron chi connectivity index (χ3n) is 3.63. The van der Waals surface area contributed by atoms with E-state index in [0.29, 0.717) is 11.3 Å². The van der Waals surface area contributed by atoms with Crippen molar-refractivity contribution in [3.05, 3.63) is 65.7 Å². The highest BCUT2D eigenvalue weighted by atomic mass is 32.2. The summed E-state index contributed by atoms with van der Waals surface area (Å²) in [5.41, 5.74) is 3.46. The first-order valence-corrected chi connectivity index (χ1v) is 9.00. The van der Waals surface area contributed by atoms with Crippen LogP contribution in [0, 0.1) is 0 Å². The lowest BCUT2D eigenvalue weighted by molar-refractivity contribution is -0.129. The van der Waals surface area contributed by atoms with E-state index in [2.05, 4.69) is 4.72 Å². The molecule has 0 radical (unpaired) electrons. The van der Waals surface area contributed by atoms with Crippen molar-refractivity contribution in [2.75, 3.05) is 4.72 Å². The van der Waals surface area contributed by atoms with Crippen molar-refractivity contribution in [2.45, 2.75) is 25.0 Å². The number of nitrogens with one attached hydrogen (secondary N) is 2. The number of benzene rings is 2. The Morgan fingerprint density at radius 2 is 1.50 bits per heavy atom. The number of sulfonamides is 1. The number of rotatable bonds is 6. The van der Waals surface area contributed by atoms with Gasteiger partial charge in [-0.3, -0.25) is 14.7 Å². The molecule has 0 spiro atoms. The van der Waals surface area contributed by atoms with E-state index >= 15 is 0 Å². The molecule has 1 amide bonds. The molecule has 0 aliphatic heterocycles. The van der Waals surface area contributed by atoms with Gasteiger partial charge in [-0.25, -0.2) is 13.9 Å². The van der Waals surface area contributed by atoms with Gasteiger partial charge in [0.15, 0.2) is 0 Å². The Kier molecular flexibility index (Phi) is 5.58. The number of anilines is 1. The zero-order valence-corrected chi connectivity index (χ0v) is 14.2. The monoisotopic (exact) mass is 348 g/mol. The molecule has 24 heavy (non-hydrogen) atoms. The summed E-state index contributed by atoms with van der Waals surface area (Å²) < 4.78 is 26.3. The molecule has 0 bridgehead atoms. The third-order valence-corrected chi connectivity index (χ3v) is 5.39. The molecule has 2 aromatic carbocycles. The first kappa shape index (κ1) is 18.0. The Bertz CT molecular complexity index is 787. The second kappa shape index (κ2) is 7.46. The first-order valence-electron chi connectivity index (χ1n) is 7.45. The standard InChI is InChI=1S/C17H20N2O4S/c1-12(2)24(22,23)19-15-10-8-14(9-11-15)16(17(20)18-21)13-6-4-3-5-7-13/h3-12,16,19,21H,1-2H3,(H,18,20). The van der Waals surface area contributed by atoms with E-state index < -0.39 is 27.1 Å². The van der Waals surface area contributed by atoms with Gasteiger partial charge in [0.2, 0.25) is 10.0 Å². The molecule has 128 valence electrons. The Morgan fingerprint density at radius 3 is 2.00 bits per heavy atom. The zero-order valence-electron chi connectivity index (χ0n) is 13.4. The number of hydrogen-bond donors (Lipinski definition) is 3. The highest BCUT2D eigenvalue weighted by molar-refractivity contribution is 7.93. The van der Waals surface area contributed by atoms with Crippen molar-refractivity contribution in [3.8, 4) is 0 Å². The smallest absolute Gasteiger partial charge is 0.255 e. The molecular formula is C17H20N2O4S. The largest absolute Gasteiger partial charge is 0.289 e. The lowest BCUT2D eigenvalue weighted by Gasteiger charge is -2.17. The summed E-state index contributed by atoms with van der Waals surface area (Å²) in [5.74, 6) is -1.25. The van der Waals surface area contributed by atoms with Crippen LogP contribution >= 0.6 is 0 Å². The Labute approximate surface area is 141 Å². The molecule has 7 heteroatoms. The van der Waals surface area contributed by atoms with Gasteiger partial charge in [0.25, 0.3) is 5.91 Å². The number of amides is 1. The fraction of sp³-hybridized carbons (Fsp3) is 0.235. The molecule has 0 heterocycles. The third kappa shape index (κ3) is 4.12. The van der Waals surface area contributed by atoms with Crippen LogP contribution in [0.15, 0.2) is 54.6 Å². The van der Waals surface area contributed by atoms with Gasteiger partial charge in [0, 0.05) is 5.69 Å². The number of hydroxylamine groups is 1. The highest BCUT2D eigenvalue weighted by Gasteiger charge is 2.22. The molecule has 2 aromatic rings. The molecule has 0 aliphatic carbocycles. The molecule has 0 aromatic heterocycles.